The smallest absolute Gasteiger partial charge is 0.324 e. The SMILES string of the molecule is CNC(=O)c1cccc(NC(=O)Nc2cccc3ccn(C)c23)n1. The Balaban J connectivity index is 1.78. The molecule has 3 N–H and O–H groups in total. The van der Waals surface area contributed by atoms with E-state index < -0.39 is 6.03 Å². The van der Waals surface area contributed by atoms with Crippen molar-refractivity contribution in [3.63, 3.8) is 0 Å². The van der Waals surface area contributed by atoms with E-state index in [9.17, 15) is 9.59 Å². The fourth-order valence-corrected chi connectivity index (χ4v) is 2.49. The predicted octanol–water partition coefficient (Wildman–Crippen LogP) is 2.58. The zero-order valence-electron chi connectivity index (χ0n) is 13.3. The van der Waals surface area contributed by atoms with E-state index in [0.29, 0.717) is 11.5 Å². The van der Waals surface area contributed by atoms with Crippen molar-refractivity contribution < 1.29 is 9.59 Å². The Morgan fingerprint density at radius 2 is 1.83 bits per heavy atom. The maximum atomic E-state index is 12.2. The number of nitrogens with zero attached hydrogens (tertiary/aromatic N) is 2. The Hall–Kier alpha value is -3.35. The Kier molecular flexibility index (Phi) is 4.15. The van der Waals surface area contributed by atoms with Crippen LogP contribution in [0.5, 0.6) is 0 Å². The van der Waals surface area contributed by atoms with Crippen LogP contribution in [-0.2, 0) is 7.05 Å². The number of aryl methyl sites for hydroxylation is 1. The molecular formula is C17H17N5O2. The average Bonchev–Trinajstić information content (AvgIpc) is 2.96. The van der Waals surface area contributed by atoms with Gasteiger partial charge in [0, 0.05) is 25.7 Å². The minimum absolute atomic E-state index is 0.236. The van der Waals surface area contributed by atoms with E-state index >= 15 is 0 Å². The zero-order chi connectivity index (χ0) is 17.1. The Morgan fingerprint density at radius 1 is 1.04 bits per heavy atom. The van der Waals surface area contributed by atoms with Gasteiger partial charge in [0.15, 0.2) is 0 Å². The lowest BCUT2D eigenvalue weighted by Gasteiger charge is -2.10. The number of anilines is 2. The fourth-order valence-electron chi connectivity index (χ4n) is 2.49. The summed E-state index contributed by atoms with van der Waals surface area (Å²) in [5.41, 5.74) is 1.86. The standard InChI is InChI=1S/C17H17N5O2/c1-18-16(23)13-7-4-8-14(19-13)21-17(24)20-12-6-3-5-11-9-10-22(2)15(11)12/h3-10H,1-2H3,(H,18,23)(H2,19,20,21,24). The molecule has 7 heteroatoms. The van der Waals surface area contributed by atoms with Gasteiger partial charge in [0.1, 0.15) is 11.5 Å². The third kappa shape index (κ3) is 3.05. The molecule has 0 bridgehead atoms. The molecule has 122 valence electrons. The number of benzene rings is 1. The Bertz CT molecular complexity index is 916. The first-order valence-electron chi connectivity index (χ1n) is 7.39. The second-order valence-electron chi connectivity index (χ2n) is 5.24. The molecule has 2 aromatic heterocycles. The number of amides is 3. The predicted molar refractivity (Wildman–Crippen MR) is 93.2 cm³/mol. The molecule has 0 unspecified atom stereocenters. The van der Waals surface area contributed by atoms with E-state index in [2.05, 4.69) is 20.9 Å². The van der Waals surface area contributed by atoms with Crippen LogP contribution in [0.15, 0.2) is 48.7 Å². The highest BCUT2D eigenvalue weighted by molar-refractivity contribution is 6.05. The second-order valence-corrected chi connectivity index (χ2v) is 5.24. The Labute approximate surface area is 138 Å². The van der Waals surface area contributed by atoms with Gasteiger partial charge in [-0.1, -0.05) is 18.2 Å². The third-order valence-corrected chi connectivity index (χ3v) is 3.60. The first-order chi connectivity index (χ1) is 11.6. The lowest BCUT2D eigenvalue weighted by Crippen LogP contribution is -2.23. The summed E-state index contributed by atoms with van der Waals surface area (Å²) in [5.74, 6) is -0.0136. The number of carbonyl (C=O) groups is 2. The van der Waals surface area contributed by atoms with Gasteiger partial charge in [0.2, 0.25) is 0 Å². The number of hydrogen-bond donors (Lipinski definition) is 3. The van der Waals surface area contributed by atoms with E-state index in [4.69, 9.17) is 0 Å². The summed E-state index contributed by atoms with van der Waals surface area (Å²) in [6, 6.07) is 12.1. The van der Waals surface area contributed by atoms with Crippen molar-refractivity contribution in [1.29, 1.82) is 0 Å². The highest BCUT2D eigenvalue weighted by Gasteiger charge is 2.10. The van der Waals surface area contributed by atoms with Gasteiger partial charge in [-0.25, -0.2) is 9.78 Å². The van der Waals surface area contributed by atoms with Crippen molar-refractivity contribution in [2.45, 2.75) is 0 Å². The summed E-state index contributed by atoms with van der Waals surface area (Å²) in [6.07, 6.45) is 1.93. The van der Waals surface area contributed by atoms with Crippen LogP contribution < -0.4 is 16.0 Å². The monoisotopic (exact) mass is 323 g/mol. The van der Waals surface area contributed by atoms with Crippen LogP contribution in [0.25, 0.3) is 10.9 Å². The van der Waals surface area contributed by atoms with Crippen LogP contribution in [0.1, 0.15) is 10.5 Å². The molecular weight excluding hydrogens is 306 g/mol. The largest absolute Gasteiger partial charge is 0.354 e. The Morgan fingerprint density at radius 3 is 2.62 bits per heavy atom. The third-order valence-electron chi connectivity index (χ3n) is 3.60. The highest BCUT2D eigenvalue weighted by atomic mass is 16.2. The zero-order valence-corrected chi connectivity index (χ0v) is 13.3. The van der Waals surface area contributed by atoms with E-state index in [1.807, 2.05) is 42.1 Å². The summed E-state index contributed by atoms with van der Waals surface area (Å²) in [4.78, 5) is 27.9. The number of rotatable bonds is 3. The lowest BCUT2D eigenvalue weighted by atomic mass is 10.2. The molecule has 0 spiro atoms. The molecule has 0 fully saturated rings. The van der Waals surface area contributed by atoms with Crippen molar-refractivity contribution in [3.8, 4) is 0 Å². The van der Waals surface area contributed by atoms with Crippen LogP contribution in [-0.4, -0.2) is 28.5 Å². The van der Waals surface area contributed by atoms with Gasteiger partial charge >= 0.3 is 6.03 Å². The summed E-state index contributed by atoms with van der Waals surface area (Å²) in [6.45, 7) is 0. The van der Waals surface area contributed by atoms with Gasteiger partial charge in [-0.2, -0.15) is 0 Å². The van der Waals surface area contributed by atoms with E-state index in [-0.39, 0.29) is 11.6 Å². The number of urea groups is 1. The molecule has 3 rings (SSSR count). The van der Waals surface area contributed by atoms with Crippen molar-refractivity contribution in [2.24, 2.45) is 7.05 Å². The van der Waals surface area contributed by atoms with Crippen molar-refractivity contribution in [1.82, 2.24) is 14.9 Å². The van der Waals surface area contributed by atoms with Gasteiger partial charge in [0.05, 0.1) is 11.2 Å². The lowest BCUT2D eigenvalue weighted by molar-refractivity contribution is 0.0958. The minimum Gasteiger partial charge on any atom is -0.354 e. The van der Waals surface area contributed by atoms with Crippen LogP contribution in [0.2, 0.25) is 0 Å². The molecule has 3 aromatic rings. The molecule has 0 aliphatic heterocycles. The summed E-state index contributed by atoms with van der Waals surface area (Å²) in [7, 11) is 3.44. The van der Waals surface area contributed by atoms with Gasteiger partial charge < -0.3 is 15.2 Å². The summed E-state index contributed by atoms with van der Waals surface area (Å²) in [5, 5.41) is 8.98. The van der Waals surface area contributed by atoms with E-state index in [1.165, 1.54) is 7.05 Å². The molecule has 0 aliphatic rings. The fraction of sp³-hybridized carbons (Fsp3) is 0.118. The topological polar surface area (TPSA) is 88.0 Å². The number of nitrogens with one attached hydrogen (secondary N) is 3. The number of carbonyl (C=O) groups excluding carboxylic acids is 2. The average molecular weight is 323 g/mol. The van der Waals surface area contributed by atoms with Crippen LogP contribution >= 0.6 is 0 Å². The number of hydrogen-bond acceptors (Lipinski definition) is 3. The van der Waals surface area contributed by atoms with E-state index in [0.717, 1.165) is 10.9 Å². The van der Waals surface area contributed by atoms with Crippen LogP contribution in [0.4, 0.5) is 16.3 Å². The minimum atomic E-state index is -0.426. The maximum absolute atomic E-state index is 12.2. The first-order valence-corrected chi connectivity index (χ1v) is 7.39. The van der Waals surface area contributed by atoms with Crippen molar-refractivity contribution in [3.05, 3.63) is 54.4 Å². The van der Waals surface area contributed by atoms with Gasteiger partial charge in [-0.15, -0.1) is 0 Å². The molecule has 0 atom stereocenters. The number of aromatic nitrogens is 2. The molecule has 3 amide bonds. The van der Waals surface area contributed by atoms with Gasteiger partial charge in [-0.3, -0.25) is 10.1 Å². The highest BCUT2D eigenvalue weighted by Crippen LogP contribution is 2.23. The molecule has 2 heterocycles. The quantitative estimate of drug-likeness (QED) is 0.692. The number of para-hydroxylation sites is 1. The number of pyridine rings is 1. The summed E-state index contributed by atoms with van der Waals surface area (Å²) >= 11 is 0. The molecule has 7 nitrogen and oxygen atoms in total. The number of fused-ring (bicyclic) bond motifs is 1. The maximum Gasteiger partial charge on any atom is 0.324 e. The normalized spacial score (nSPS) is 10.4. The van der Waals surface area contributed by atoms with Crippen molar-refractivity contribution in [2.75, 3.05) is 17.7 Å². The van der Waals surface area contributed by atoms with Gasteiger partial charge in [-0.05, 0) is 24.3 Å². The molecule has 0 saturated carbocycles. The molecule has 0 aliphatic carbocycles. The molecule has 0 saturated heterocycles. The van der Waals surface area contributed by atoms with Gasteiger partial charge in [0.25, 0.3) is 5.91 Å². The van der Waals surface area contributed by atoms with Crippen molar-refractivity contribution >= 4 is 34.3 Å². The molecule has 24 heavy (non-hydrogen) atoms. The van der Waals surface area contributed by atoms with Crippen LogP contribution in [0, 0.1) is 0 Å². The first kappa shape index (κ1) is 15.5. The molecule has 1 aromatic carbocycles. The van der Waals surface area contributed by atoms with Crippen LogP contribution in [0.3, 0.4) is 0 Å². The molecule has 0 radical (unpaired) electrons. The summed E-state index contributed by atoms with van der Waals surface area (Å²) < 4.78 is 1.94. The second kappa shape index (κ2) is 6.41. The van der Waals surface area contributed by atoms with E-state index in [1.54, 1.807) is 18.2 Å².